The zero-order chi connectivity index (χ0) is 35.8. The molecule has 5 rings (SSSR count). The first kappa shape index (κ1) is 39.2. The topological polar surface area (TPSA) is 154 Å². The van der Waals surface area contributed by atoms with Crippen molar-refractivity contribution in [1.29, 1.82) is 0 Å². The number of aliphatic imine (C=N–C) groups is 1. The first-order valence-corrected chi connectivity index (χ1v) is 18.1. The number of nitrogen functional groups attached to an aromatic ring is 1. The Labute approximate surface area is 292 Å². The lowest BCUT2D eigenvalue weighted by atomic mass is 9.88. The van der Waals surface area contributed by atoms with Gasteiger partial charge in [0, 0.05) is 43.7 Å². The third-order valence-electron chi connectivity index (χ3n) is 9.35. The zero-order valence-electron chi connectivity index (χ0n) is 30.2. The molecule has 3 fully saturated rings. The summed E-state index contributed by atoms with van der Waals surface area (Å²) in [6.07, 6.45) is 13.7. The lowest BCUT2D eigenvalue weighted by Crippen LogP contribution is -2.42. The number of carboxylic acid groups (broad SMARTS) is 1. The van der Waals surface area contributed by atoms with Crippen LogP contribution in [0.1, 0.15) is 98.2 Å². The molecule has 3 aliphatic heterocycles. The second kappa shape index (κ2) is 20.3. The van der Waals surface area contributed by atoms with Crippen LogP contribution >= 0.6 is 0 Å². The lowest BCUT2D eigenvalue weighted by molar-refractivity contribution is -0.141. The number of para-hydroxylation sites is 1. The van der Waals surface area contributed by atoms with E-state index in [1.165, 1.54) is 0 Å². The summed E-state index contributed by atoms with van der Waals surface area (Å²) in [5, 5.41) is 15.8. The van der Waals surface area contributed by atoms with Crippen molar-refractivity contribution in [2.45, 2.75) is 98.4 Å². The standard InChI is InChI=1S/C29H42N4O4.C7H10N2O.C2H6/c1-20-15-18-32(19-21(20)2)25(34)14-6-4-3-5-9-16-31-28(33-17-10-12-23(33)29(35)36)27-26(30)22-11-7-8-13-24(22)37-27;1-2-3-4-6-5-8-7(10)9-6;1-2/h7-8,11,13,20-21,23H,3-6,9-10,12,14-19,30H2,1-2H3,(H,35,36);2-4H,5H2,1H3,(H2,8,9,10);1-2H3/b;3-2-,6-4+;/t20?,21-,23-;;/m0../s1. The van der Waals surface area contributed by atoms with Gasteiger partial charge in [0.05, 0.1) is 12.2 Å². The number of unbranched alkanes of at least 4 members (excludes halogenated alkanes) is 4. The normalized spacial score (nSPS) is 21.7. The zero-order valence-corrected chi connectivity index (χ0v) is 30.2. The maximum absolute atomic E-state index is 12.5. The fourth-order valence-corrected chi connectivity index (χ4v) is 6.27. The van der Waals surface area contributed by atoms with Crippen molar-refractivity contribution >= 4 is 40.4 Å². The van der Waals surface area contributed by atoms with Gasteiger partial charge in [-0.25, -0.2) is 9.59 Å². The Morgan fingerprint density at radius 3 is 2.47 bits per heavy atom. The van der Waals surface area contributed by atoms with Gasteiger partial charge in [-0.3, -0.25) is 9.79 Å². The number of furan rings is 1. The van der Waals surface area contributed by atoms with Gasteiger partial charge in [-0.2, -0.15) is 0 Å². The number of carboxylic acids is 1. The summed E-state index contributed by atoms with van der Waals surface area (Å²) >= 11 is 0. The van der Waals surface area contributed by atoms with Crippen LogP contribution in [0, 0.1) is 11.8 Å². The maximum atomic E-state index is 12.5. The molecule has 4 heterocycles. The minimum absolute atomic E-state index is 0.115. The molecule has 2 aromatic rings. The molecule has 3 aliphatic rings. The van der Waals surface area contributed by atoms with Crippen molar-refractivity contribution in [3.63, 3.8) is 0 Å². The van der Waals surface area contributed by atoms with E-state index < -0.39 is 12.0 Å². The summed E-state index contributed by atoms with van der Waals surface area (Å²) in [4.78, 5) is 43.7. The van der Waals surface area contributed by atoms with Gasteiger partial charge in [0.15, 0.2) is 11.6 Å². The number of hydrogen-bond acceptors (Lipinski definition) is 6. The number of hydrogen-bond donors (Lipinski definition) is 4. The number of fused-ring (bicyclic) bond motifs is 1. The third-order valence-corrected chi connectivity index (χ3v) is 9.35. The number of carbonyl (C=O) groups excluding carboxylic acids is 2. The van der Waals surface area contributed by atoms with Gasteiger partial charge in [-0.15, -0.1) is 0 Å². The van der Waals surface area contributed by atoms with Crippen LogP contribution in [0.4, 0.5) is 10.5 Å². The molecule has 0 saturated carbocycles. The van der Waals surface area contributed by atoms with E-state index in [0.717, 1.165) is 69.1 Å². The van der Waals surface area contributed by atoms with Crippen molar-refractivity contribution in [2.75, 3.05) is 38.5 Å². The van der Waals surface area contributed by atoms with Crippen LogP contribution in [0.3, 0.4) is 0 Å². The Kier molecular flexibility index (Phi) is 16.2. The molecule has 3 amide bonds. The number of amidine groups is 1. The molecule has 49 heavy (non-hydrogen) atoms. The summed E-state index contributed by atoms with van der Waals surface area (Å²) in [5.74, 6) is 1.77. The van der Waals surface area contributed by atoms with E-state index in [9.17, 15) is 19.5 Å². The number of aliphatic carboxylic acids is 1. The molecule has 1 unspecified atom stereocenters. The van der Waals surface area contributed by atoms with Gasteiger partial charge in [-0.05, 0) is 69.1 Å². The highest BCUT2D eigenvalue weighted by Crippen LogP contribution is 2.32. The van der Waals surface area contributed by atoms with E-state index in [1.54, 1.807) is 0 Å². The second-order valence-electron chi connectivity index (χ2n) is 12.9. The average Bonchev–Trinajstić information content (AvgIpc) is 3.85. The SMILES string of the molecule is C/C=C\C=C1/CNC(=O)N1.CC.CC1CCN(C(=O)CCCCCCCN=C(c2oc3ccccc3c2N)N2CCC[C@H]2C(=O)O)C[C@@H]1C. The Morgan fingerprint density at radius 1 is 1.06 bits per heavy atom. The van der Waals surface area contributed by atoms with Crippen molar-refractivity contribution in [1.82, 2.24) is 20.4 Å². The van der Waals surface area contributed by atoms with Gasteiger partial charge in [0.25, 0.3) is 0 Å². The number of benzene rings is 1. The van der Waals surface area contributed by atoms with Gasteiger partial charge < -0.3 is 35.7 Å². The third kappa shape index (κ3) is 11.4. The van der Waals surface area contributed by atoms with E-state index in [1.807, 2.05) is 73.1 Å². The fraction of sp³-hybridized carbons (Fsp3) is 0.579. The Bertz CT molecular complexity index is 1460. The van der Waals surface area contributed by atoms with E-state index in [4.69, 9.17) is 15.1 Å². The fourth-order valence-electron chi connectivity index (χ4n) is 6.27. The first-order valence-electron chi connectivity index (χ1n) is 18.1. The van der Waals surface area contributed by atoms with Crippen LogP contribution in [0.25, 0.3) is 11.0 Å². The Hall–Kier alpha value is -4.28. The van der Waals surface area contributed by atoms with Crippen LogP contribution in [0.15, 0.2) is 57.6 Å². The smallest absolute Gasteiger partial charge is 0.326 e. The van der Waals surface area contributed by atoms with Crippen molar-refractivity contribution in [2.24, 2.45) is 16.8 Å². The van der Waals surface area contributed by atoms with Crippen LogP contribution in [0.5, 0.6) is 0 Å². The Balaban J connectivity index is 0.000000460. The molecule has 270 valence electrons. The highest BCUT2D eigenvalue weighted by atomic mass is 16.4. The highest BCUT2D eigenvalue weighted by molar-refractivity contribution is 6.08. The van der Waals surface area contributed by atoms with E-state index in [2.05, 4.69) is 24.5 Å². The van der Waals surface area contributed by atoms with Crippen LogP contribution in [-0.4, -0.2) is 77.4 Å². The number of piperidine rings is 1. The Morgan fingerprint density at radius 2 is 1.80 bits per heavy atom. The van der Waals surface area contributed by atoms with E-state index in [-0.39, 0.29) is 6.03 Å². The number of allylic oxidation sites excluding steroid dienone is 3. The highest BCUT2D eigenvalue weighted by Gasteiger charge is 2.35. The molecule has 0 bridgehead atoms. The van der Waals surface area contributed by atoms with Crippen LogP contribution in [0.2, 0.25) is 0 Å². The molecule has 3 atom stereocenters. The molecule has 1 aromatic carbocycles. The van der Waals surface area contributed by atoms with Crippen LogP contribution < -0.4 is 16.4 Å². The van der Waals surface area contributed by atoms with Crippen molar-refractivity contribution in [3.05, 3.63) is 54.0 Å². The summed E-state index contributed by atoms with van der Waals surface area (Å²) in [7, 11) is 0. The minimum Gasteiger partial charge on any atom is -0.480 e. The van der Waals surface area contributed by atoms with E-state index in [0.29, 0.717) is 73.1 Å². The quantitative estimate of drug-likeness (QED) is 0.114. The second-order valence-corrected chi connectivity index (χ2v) is 12.9. The summed E-state index contributed by atoms with van der Waals surface area (Å²) < 4.78 is 6.07. The number of nitrogens with two attached hydrogens (primary N) is 1. The van der Waals surface area contributed by atoms with Gasteiger partial charge >= 0.3 is 12.0 Å². The monoisotopic (exact) mass is 678 g/mol. The molecule has 11 heteroatoms. The summed E-state index contributed by atoms with van der Waals surface area (Å²) in [5.41, 5.74) is 8.53. The number of nitrogens with one attached hydrogen (secondary N) is 2. The number of urea groups is 1. The number of nitrogens with zero attached hydrogens (tertiary/aromatic N) is 3. The molecule has 0 spiro atoms. The number of amides is 3. The molecule has 0 radical (unpaired) electrons. The minimum atomic E-state index is -0.844. The average molecular weight is 679 g/mol. The van der Waals surface area contributed by atoms with Crippen molar-refractivity contribution < 1.29 is 23.9 Å². The first-order chi connectivity index (χ1) is 23.7. The molecule has 1 aromatic heterocycles. The molecule has 11 nitrogen and oxygen atoms in total. The number of anilines is 1. The molecule has 5 N–H and O–H groups in total. The summed E-state index contributed by atoms with van der Waals surface area (Å²) in [6, 6.07) is 6.84. The van der Waals surface area contributed by atoms with Crippen molar-refractivity contribution in [3.8, 4) is 0 Å². The largest absolute Gasteiger partial charge is 0.480 e. The van der Waals surface area contributed by atoms with Gasteiger partial charge in [0.1, 0.15) is 11.6 Å². The predicted octanol–water partition coefficient (Wildman–Crippen LogP) is 6.94. The number of carbonyl (C=O) groups is 3. The van der Waals surface area contributed by atoms with Crippen LogP contribution in [-0.2, 0) is 9.59 Å². The molecular weight excluding hydrogens is 620 g/mol. The van der Waals surface area contributed by atoms with E-state index >= 15 is 0 Å². The molecule has 0 aliphatic carbocycles. The lowest BCUT2D eigenvalue weighted by Gasteiger charge is -2.35. The molecular formula is C38H58N6O5. The van der Waals surface area contributed by atoms with Gasteiger partial charge in [0.2, 0.25) is 5.91 Å². The molecule has 3 saturated heterocycles. The number of rotatable bonds is 11. The number of likely N-dealkylation sites (tertiary alicyclic amines) is 2. The summed E-state index contributed by atoms with van der Waals surface area (Å²) in [6.45, 7) is 14.1. The maximum Gasteiger partial charge on any atom is 0.326 e. The van der Waals surface area contributed by atoms with Gasteiger partial charge in [-0.1, -0.05) is 71.2 Å². The predicted molar refractivity (Wildman–Crippen MR) is 197 cm³/mol.